The predicted molar refractivity (Wildman–Crippen MR) is 81.5 cm³/mol. The molecule has 8 heteroatoms. The van der Waals surface area contributed by atoms with E-state index in [1.54, 1.807) is 41.9 Å². The van der Waals surface area contributed by atoms with E-state index in [4.69, 9.17) is 15.9 Å². The molecule has 1 aliphatic rings. The zero-order valence-electron chi connectivity index (χ0n) is 13.9. The molecule has 22 heavy (non-hydrogen) atoms. The summed E-state index contributed by atoms with van der Waals surface area (Å²) >= 11 is 0. The van der Waals surface area contributed by atoms with Gasteiger partial charge in [-0.2, -0.15) is 0 Å². The number of amides is 1. The van der Waals surface area contributed by atoms with E-state index in [-0.39, 0.29) is 0 Å². The lowest BCUT2D eigenvalue weighted by Crippen LogP contribution is -2.68. The van der Waals surface area contributed by atoms with E-state index in [1.807, 2.05) is 0 Å². The van der Waals surface area contributed by atoms with E-state index < -0.39 is 36.0 Å². The number of nitrogens with zero attached hydrogens (tertiary/aromatic N) is 1. The largest absolute Gasteiger partial charge is 0.444 e. The van der Waals surface area contributed by atoms with Crippen LogP contribution in [0.1, 0.15) is 20.8 Å². The fourth-order valence-electron chi connectivity index (χ4n) is 2.34. The number of ether oxygens (including phenoxy) is 2. The highest BCUT2D eigenvalue weighted by molar-refractivity contribution is 5.70. The molecule has 126 valence electrons. The maximum atomic E-state index is 12.6. The molecule has 0 aromatic rings. The molecule has 3 atom stereocenters. The van der Waals surface area contributed by atoms with Crippen molar-refractivity contribution in [3.05, 3.63) is 0 Å². The van der Waals surface area contributed by atoms with E-state index in [9.17, 15) is 9.90 Å². The number of terminal acetylenes is 1. The lowest BCUT2D eigenvalue weighted by molar-refractivity contribution is -0.145. The number of nitrogens with one attached hydrogen (secondary N) is 3. The van der Waals surface area contributed by atoms with Crippen molar-refractivity contribution in [2.45, 2.75) is 50.7 Å². The summed E-state index contributed by atoms with van der Waals surface area (Å²) in [5.74, 6) is 0.887. The Bertz CT molecular complexity index is 439. The number of carbonyl (C=O) groups is 1. The van der Waals surface area contributed by atoms with Crippen LogP contribution >= 0.6 is 0 Å². The third-order valence-corrected chi connectivity index (χ3v) is 3.29. The van der Waals surface area contributed by atoms with Crippen molar-refractivity contribution in [3.63, 3.8) is 0 Å². The van der Waals surface area contributed by atoms with Gasteiger partial charge in [0, 0.05) is 0 Å². The Morgan fingerprint density at radius 3 is 2.32 bits per heavy atom. The molecule has 0 bridgehead atoms. The van der Waals surface area contributed by atoms with Crippen LogP contribution in [0.5, 0.6) is 0 Å². The van der Waals surface area contributed by atoms with E-state index in [2.05, 4.69) is 21.9 Å². The van der Waals surface area contributed by atoms with Gasteiger partial charge in [0.05, 0.1) is 0 Å². The van der Waals surface area contributed by atoms with E-state index in [0.29, 0.717) is 0 Å². The number of hydrogen-bond donors (Lipinski definition) is 4. The molecule has 0 radical (unpaired) electrons. The van der Waals surface area contributed by atoms with Crippen LogP contribution in [0.3, 0.4) is 0 Å². The minimum atomic E-state index is -1.35. The van der Waals surface area contributed by atoms with Crippen LogP contribution in [-0.2, 0) is 9.47 Å². The molecule has 1 heterocycles. The summed E-state index contributed by atoms with van der Waals surface area (Å²) in [6, 6.07) is -0.829. The fourth-order valence-corrected chi connectivity index (χ4v) is 2.34. The Kier molecular flexibility index (Phi) is 5.78. The lowest BCUT2D eigenvalue weighted by atomic mass is 10.1. The molecule has 1 fully saturated rings. The van der Waals surface area contributed by atoms with Gasteiger partial charge in [-0.1, -0.05) is 5.92 Å². The number of aliphatic hydroxyl groups excluding tert-OH is 1. The third kappa shape index (κ3) is 3.51. The average molecular weight is 314 g/mol. The first-order chi connectivity index (χ1) is 10.2. The quantitative estimate of drug-likeness (QED) is 0.399. The van der Waals surface area contributed by atoms with E-state index >= 15 is 0 Å². The first-order valence-corrected chi connectivity index (χ1v) is 7.05. The van der Waals surface area contributed by atoms with Crippen molar-refractivity contribution in [2.75, 3.05) is 21.1 Å². The Morgan fingerprint density at radius 1 is 1.41 bits per heavy atom. The molecular weight excluding hydrogens is 288 g/mol. The monoisotopic (exact) mass is 314 g/mol. The zero-order valence-corrected chi connectivity index (χ0v) is 13.9. The molecule has 1 rings (SSSR count). The molecule has 4 N–H and O–H groups in total. The van der Waals surface area contributed by atoms with Crippen molar-refractivity contribution in [1.29, 1.82) is 0 Å². The smallest absolute Gasteiger partial charge is 0.415 e. The van der Waals surface area contributed by atoms with Gasteiger partial charge in [-0.3, -0.25) is 16.0 Å². The summed E-state index contributed by atoms with van der Waals surface area (Å²) in [6.45, 7) is 5.26. The topological polar surface area (TPSA) is 95.1 Å². The molecule has 2 unspecified atom stereocenters. The molecule has 0 saturated carbocycles. The van der Waals surface area contributed by atoms with E-state index in [0.717, 1.165) is 0 Å². The van der Waals surface area contributed by atoms with Crippen LogP contribution in [0.25, 0.3) is 0 Å². The molecule has 0 aliphatic carbocycles. The Labute approximate surface area is 131 Å². The van der Waals surface area contributed by atoms with Crippen LogP contribution in [0, 0.1) is 12.3 Å². The van der Waals surface area contributed by atoms with Gasteiger partial charge in [0.2, 0.25) is 0 Å². The molecule has 8 nitrogen and oxygen atoms in total. The first kappa shape index (κ1) is 18.7. The SMILES string of the molecule is C#CC(O)[C@@H]1C(NC)OC(NC)(NC)N1C(=O)OC(C)(C)C. The number of likely N-dealkylation sites (N-methyl/N-ethyl adjacent to an activating group) is 1. The Morgan fingerprint density at radius 2 is 1.95 bits per heavy atom. The highest BCUT2D eigenvalue weighted by atomic mass is 16.6. The summed E-state index contributed by atoms with van der Waals surface area (Å²) in [6.07, 6.45) is 2.76. The standard InChI is InChI=1S/C14H26N4O4/c1-8-9(19)10-11(15-5)21-14(16-6,17-7)18(10)12(20)22-13(2,3)4/h1,9-11,15-17,19H,2-7H3/t9?,10-,11?/m1/s1. The van der Waals surface area contributed by atoms with Crippen LogP contribution in [0.4, 0.5) is 4.79 Å². The summed E-state index contributed by atoms with van der Waals surface area (Å²) in [5, 5.41) is 18.8. The fraction of sp³-hybridized carbons (Fsp3) is 0.786. The summed E-state index contributed by atoms with van der Waals surface area (Å²) in [4.78, 5) is 13.9. The van der Waals surface area contributed by atoms with Crippen LogP contribution in [0.2, 0.25) is 0 Å². The molecule has 1 aliphatic heterocycles. The molecule has 0 aromatic carbocycles. The second-order valence-corrected chi connectivity index (χ2v) is 5.92. The number of rotatable bonds is 4. The second kappa shape index (κ2) is 6.81. The highest BCUT2D eigenvalue weighted by Gasteiger charge is 2.57. The summed E-state index contributed by atoms with van der Waals surface area (Å²) in [5.41, 5.74) is -0.701. The normalized spacial score (nSPS) is 25.6. The van der Waals surface area contributed by atoms with Crippen molar-refractivity contribution in [1.82, 2.24) is 20.9 Å². The average Bonchev–Trinajstić information content (AvgIpc) is 2.79. The predicted octanol–water partition coefficient (Wildman–Crippen LogP) is -0.788. The van der Waals surface area contributed by atoms with Crippen molar-refractivity contribution < 1.29 is 19.4 Å². The zero-order chi connectivity index (χ0) is 17.1. The highest BCUT2D eigenvalue weighted by Crippen LogP contribution is 2.31. The minimum absolute atomic E-state index is 0.659. The Hall–Kier alpha value is -1.37. The van der Waals surface area contributed by atoms with E-state index in [1.165, 1.54) is 4.90 Å². The molecule has 1 saturated heterocycles. The van der Waals surface area contributed by atoms with Gasteiger partial charge < -0.3 is 14.6 Å². The third-order valence-electron chi connectivity index (χ3n) is 3.29. The van der Waals surface area contributed by atoms with Gasteiger partial charge in [0.1, 0.15) is 24.0 Å². The maximum absolute atomic E-state index is 12.6. The van der Waals surface area contributed by atoms with Gasteiger partial charge in [0.25, 0.3) is 5.97 Å². The first-order valence-electron chi connectivity index (χ1n) is 7.05. The van der Waals surface area contributed by atoms with Gasteiger partial charge in [-0.15, -0.1) is 6.42 Å². The number of aliphatic hydroxyl groups is 1. The van der Waals surface area contributed by atoms with Gasteiger partial charge in [-0.25, -0.2) is 9.69 Å². The second-order valence-electron chi connectivity index (χ2n) is 5.92. The molecule has 0 aromatic heterocycles. The molecule has 0 spiro atoms. The molecule has 1 amide bonds. The van der Waals surface area contributed by atoms with Crippen molar-refractivity contribution >= 4 is 6.09 Å². The van der Waals surface area contributed by atoms with Gasteiger partial charge in [-0.05, 0) is 41.9 Å². The minimum Gasteiger partial charge on any atom is -0.444 e. The van der Waals surface area contributed by atoms with Gasteiger partial charge in [0.15, 0.2) is 0 Å². The molecular formula is C14H26N4O4. The summed E-state index contributed by atoms with van der Waals surface area (Å²) in [7, 11) is 4.88. The van der Waals surface area contributed by atoms with Crippen LogP contribution in [-0.4, -0.2) is 67.2 Å². The maximum Gasteiger partial charge on any atom is 0.415 e. The number of hydrogen-bond acceptors (Lipinski definition) is 7. The Balaban J connectivity index is 3.27. The van der Waals surface area contributed by atoms with Crippen molar-refractivity contribution in [2.24, 2.45) is 0 Å². The van der Waals surface area contributed by atoms with Crippen molar-refractivity contribution in [3.8, 4) is 12.3 Å². The lowest BCUT2D eigenvalue weighted by Gasteiger charge is -2.38. The number of carbonyl (C=O) groups excluding carboxylic acids is 1. The van der Waals surface area contributed by atoms with Crippen LogP contribution in [0.15, 0.2) is 0 Å². The van der Waals surface area contributed by atoms with Gasteiger partial charge >= 0.3 is 6.09 Å². The van der Waals surface area contributed by atoms with Crippen LogP contribution < -0.4 is 16.0 Å². The summed E-state index contributed by atoms with van der Waals surface area (Å²) < 4.78 is 11.2.